The van der Waals surface area contributed by atoms with Crippen molar-refractivity contribution < 1.29 is 0 Å². The molecule has 1 aliphatic rings. The topological polar surface area (TPSA) is 77.6 Å². The van der Waals surface area contributed by atoms with Gasteiger partial charge in [-0.05, 0) is 25.9 Å². The first-order valence-electron chi connectivity index (χ1n) is 7.30. The average molecular weight is 316 g/mol. The van der Waals surface area contributed by atoms with E-state index >= 15 is 0 Å². The lowest BCUT2D eigenvalue weighted by atomic mass is 10.1. The van der Waals surface area contributed by atoms with Crippen molar-refractivity contribution in [3.05, 3.63) is 29.1 Å². The van der Waals surface area contributed by atoms with Gasteiger partial charge in [-0.25, -0.2) is 9.97 Å². The zero-order valence-electron chi connectivity index (χ0n) is 12.2. The van der Waals surface area contributed by atoms with Gasteiger partial charge in [-0.1, -0.05) is 11.3 Å². The molecule has 1 saturated heterocycles. The van der Waals surface area contributed by atoms with Crippen LogP contribution in [-0.4, -0.2) is 37.4 Å². The molecule has 0 radical (unpaired) electrons. The van der Waals surface area contributed by atoms with Gasteiger partial charge >= 0.3 is 0 Å². The normalized spacial score (nSPS) is 16.4. The van der Waals surface area contributed by atoms with E-state index < -0.39 is 0 Å². The second-order valence-electron chi connectivity index (χ2n) is 5.51. The number of aryl methyl sites for hydroxylation is 1. The predicted molar refractivity (Wildman–Crippen MR) is 85.0 cm³/mol. The highest BCUT2D eigenvalue weighted by Crippen LogP contribution is 2.27. The third kappa shape index (κ3) is 2.24. The molecule has 1 N–H and O–H groups in total. The van der Waals surface area contributed by atoms with Gasteiger partial charge in [0.2, 0.25) is 0 Å². The van der Waals surface area contributed by atoms with Crippen LogP contribution in [0.15, 0.2) is 23.5 Å². The van der Waals surface area contributed by atoms with Crippen molar-refractivity contribution in [3.63, 3.8) is 0 Å². The van der Waals surface area contributed by atoms with Crippen LogP contribution >= 0.6 is 11.3 Å². The van der Waals surface area contributed by atoms with E-state index in [0.29, 0.717) is 10.3 Å². The van der Waals surface area contributed by atoms with Gasteiger partial charge in [0.25, 0.3) is 5.56 Å². The largest absolute Gasteiger partial charge is 0.317 e. The van der Waals surface area contributed by atoms with Gasteiger partial charge in [-0.15, -0.1) is 0 Å². The summed E-state index contributed by atoms with van der Waals surface area (Å²) in [6.07, 6.45) is 7.22. The molecule has 114 valence electrons. The van der Waals surface area contributed by atoms with Gasteiger partial charge in [-0.3, -0.25) is 14.0 Å². The summed E-state index contributed by atoms with van der Waals surface area (Å²) >= 11 is 1.43. The molecule has 22 heavy (non-hydrogen) atoms. The van der Waals surface area contributed by atoms with E-state index in [-0.39, 0.29) is 11.6 Å². The fourth-order valence-corrected chi connectivity index (χ4v) is 3.70. The Bertz CT molecular complexity index is 873. The quantitative estimate of drug-likeness (QED) is 0.768. The number of piperidine rings is 1. The Morgan fingerprint density at radius 2 is 2.18 bits per heavy atom. The first-order valence-corrected chi connectivity index (χ1v) is 8.11. The minimum atomic E-state index is -0.0386. The predicted octanol–water partition coefficient (Wildman–Crippen LogP) is 1.18. The maximum Gasteiger partial charge on any atom is 0.281 e. The van der Waals surface area contributed by atoms with Crippen LogP contribution in [0.1, 0.15) is 18.9 Å². The summed E-state index contributed by atoms with van der Waals surface area (Å²) in [7, 11) is 1.86. The molecule has 0 atom stereocenters. The van der Waals surface area contributed by atoms with E-state index in [0.717, 1.165) is 36.5 Å². The number of thiazole rings is 1. The van der Waals surface area contributed by atoms with Crippen molar-refractivity contribution in [1.82, 2.24) is 29.6 Å². The van der Waals surface area contributed by atoms with E-state index in [1.54, 1.807) is 21.8 Å². The minimum Gasteiger partial charge on any atom is -0.317 e. The van der Waals surface area contributed by atoms with Crippen LogP contribution < -0.4 is 10.9 Å². The molecule has 0 spiro atoms. The number of rotatable bonds is 2. The van der Waals surface area contributed by atoms with Crippen molar-refractivity contribution in [1.29, 1.82) is 0 Å². The number of hydrogen-bond acceptors (Lipinski definition) is 6. The molecular formula is C14H16N6OS. The minimum absolute atomic E-state index is 0.0386. The molecule has 7 nitrogen and oxygen atoms in total. The van der Waals surface area contributed by atoms with E-state index in [9.17, 15) is 4.79 Å². The number of nitrogens with zero attached hydrogens (tertiary/aromatic N) is 5. The van der Waals surface area contributed by atoms with E-state index in [4.69, 9.17) is 0 Å². The molecule has 0 bridgehead atoms. The molecule has 0 saturated carbocycles. The van der Waals surface area contributed by atoms with Crippen LogP contribution in [0.25, 0.3) is 20.9 Å². The van der Waals surface area contributed by atoms with Gasteiger partial charge in [0.05, 0.1) is 12.5 Å². The molecule has 4 heterocycles. The molecule has 0 aliphatic carbocycles. The number of aromatic nitrogens is 5. The van der Waals surface area contributed by atoms with Crippen LogP contribution in [0, 0.1) is 0 Å². The third-order valence-electron chi connectivity index (χ3n) is 4.00. The lowest BCUT2D eigenvalue weighted by molar-refractivity contribution is 0.359. The fraction of sp³-hybridized carbons (Fsp3) is 0.429. The summed E-state index contributed by atoms with van der Waals surface area (Å²) in [5.74, 6) is 0. The summed E-state index contributed by atoms with van der Waals surface area (Å²) in [6.45, 7) is 1.88. The van der Waals surface area contributed by atoms with E-state index in [2.05, 4.69) is 20.4 Å². The SMILES string of the molecule is Cn1cc(-c2nc3c(=O)n(C4CCNCC4)cnc3s2)cn1. The lowest BCUT2D eigenvalue weighted by Gasteiger charge is -2.24. The van der Waals surface area contributed by atoms with Gasteiger partial charge in [0.1, 0.15) is 5.01 Å². The first-order chi connectivity index (χ1) is 10.7. The smallest absolute Gasteiger partial charge is 0.281 e. The van der Waals surface area contributed by atoms with Gasteiger partial charge < -0.3 is 5.32 Å². The van der Waals surface area contributed by atoms with E-state index in [1.807, 2.05) is 13.2 Å². The highest BCUT2D eigenvalue weighted by Gasteiger charge is 2.19. The summed E-state index contributed by atoms with van der Waals surface area (Å²) in [5, 5.41) is 8.25. The van der Waals surface area contributed by atoms with Crippen molar-refractivity contribution in [2.75, 3.05) is 13.1 Å². The monoisotopic (exact) mass is 316 g/mol. The van der Waals surface area contributed by atoms with E-state index in [1.165, 1.54) is 11.3 Å². The Labute approximate surface area is 130 Å². The van der Waals surface area contributed by atoms with Crippen LogP contribution in [0.4, 0.5) is 0 Å². The number of fused-ring (bicyclic) bond motifs is 1. The Morgan fingerprint density at radius 1 is 1.36 bits per heavy atom. The molecular weight excluding hydrogens is 300 g/mol. The summed E-state index contributed by atoms with van der Waals surface area (Å²) in [5.41, 5.74) is 1.34. The molecule has 1 aliphatic heterocycles. The van der Waals surface area contributed by atoms with Crippen LogP contribution in [-0.2, 0) is 7.05 Å². The maximum absolute atomic E-state index is 12.7. The molecule has 1 fully saturated rings. The zero-order chi connectivity index (χ0) is 15.1. The Hall–Kier alpha value is -2.06. The highest BCUT2D eigenvalue weighted by molar-refractivity contribution is 7.21. The molecule has 0 aromatic carbocycles. The molecule has 8 heteroatoms. The Morgan fingerprint density at radius 3 is 2.91 bits per heavy atom. The van der Waals surface area contributed by atoms with Crippen molar-refractivity contribution in [2.24, 2.45) is 7.05 Å². The molecule has 3 aromatic rings. The fourth-order valence-electron chi connectivity index (χ4n) is 2.83. The second-order valence-corrected chi connectivity index (χ2v) is 6.49. The summed E-state index contributed by atoms with van der Waals surface area (Å²) in [4.78, 5) is 22.3. The average Bonchev–Trinajstić information content (AvgIpc) is 3.15. The molecule has 4 rings (SSSR count). The van der Waals surface area contributed by atoms with Crippen molar-refractivity contribution >= 4 is 21.7 Å². The van der Waals surface area contributed by atoms with Crippen molar-refractivity contribution in [3.8, 4) is 10.6 Å². The molecule has 0 unspecified atom stereocenters. The number of nitrogens with one attached hydrogen (secondary N) is 1. The third-order valence-corrected chi connectivity index (χ3v) is 5.01. The molecule has 0 amide bonds. The summed E-state index contributed by atoms with van der Waals surface area (Å²) < 4.78 is 3.47. The van der Waals surface area contributed by atoms with Gasteiger partial charge in [-0.2, -0.15) is 5.10 Å². The molecule has 3 aromatic heterocycles. The first kappa shape index (κ1) is 13.6. The van der Waals surface area contributed by atoms with Gasteiger partial charge in [0.15, 0.2) is 10.3 Å². The Balaban J connectivity index is 1.80. The standard InChI is InChI=1S/C14H16N6OS/c1-19-7-9(6-17-19)12-18-11-13(22-12)16-8-20(14(11)21)10-2-4-15-5-3-10/h6-8,10,15H,2-5H2,1H3. The Kier molecular flexibility index (Phi) is 3.27. The van der Waals surface area contributed by atoms with Crippen molar-refractivity contribution in [2.45, 2.75) is 18.9 Å². The lowest BCUT2D eigenvalue weighted by Crippen LogP contribution is -2.34. The maximum atomic E-state index is 12.7. The summed E-state index contributed by atoms with van der Waals surface area (Å²) in [6, 6.07) is 0.217. The highest BCUT2D eigenvalue weighted by atomic mass is 32.1. The second kappa shape index (κ2) is 5.29. The van der Waals surface area contributed by atoms with Crippen LogP contribution in [0.3, 0.4) is 0 Å². The zero-order valence-corrected chi connectivity index (χ0v) is 13.0. The number of hydrogen-bond donors (Lipinski definition) is 1. The van der Waals surface area contributed by atoms with Crippen LogP contribution in [0.2, 0.25) is 0 Å². The van der Waals surface area contributed by atoms with Gasteiger partial charge in [0, 0.05) is 24.8 Å². The van der Waals surface area contributed by atoms with Crippen LogP contribution in [0.5, 0.6) is 0 Å².